The second kappa shape index (κ2) is 6.15. The molecule has 0 saturated heterocycles. The van der Waals surface area contributed by atoms with Crippen molar-refractivity contribution in [3.8, 4) is 5.19 Å². The van der Waals surface area contributed by atoms with Gasteiger partial charge in [-0.05, 0) is 18.3 Å². The molecule has 0 aliphatic heterocycles. The number of anilines is 1. The Morgan fingerprint density at radius 3 is 2.80 bits per heavy atom. The highest BCUT2D eigenvalue weighted by Crippen LogP contribution is 2.24. The molecular formula is C13H19N4O2S+. The minimum atomic E-state index is 0.125. The Bertz CT molecular complexity index is 613. The molecule has 2 rings (SSSR count). The highest BCUT2D eigenvalue weighted by molar-refractivity contribution is 7.13. The van der Waals surface area contributed by atoms with Gasteiger partial charge in [0.2, 0.25) is 0 Å². The molecule has 0 aliphatic carbocycles. The lowest BCUT2D eigenvalue weighted by Gasteiger charge is -2.03. The zero-order valence-electron chi connectivity index (χ0n) is 11.9. The standard InChI is InChI=1S/C13H19N4O2S/c1-8-11(4-5-18)20-13(19-3)17(8)7-10-6-15-9(2)16-12(10)14/h6,18H,4-5,7H2,1-3H3,(H2,14,15,16)/q+1. The maximum absolute atomic E-state index is 9.10. The van der Waals surface area contributed by atoms with Gasteiger partial charge in [-0.2, -0.15) is 0 Å². The maximum atomic E-state index is 9.10. The van der Waals surface area contributed by atoms with Crippen molar-refractivity contribution in [2.24, 2.45) is 0 Å². The van der Waals surface area contributed by atoms with E-state index < -0.39 is 0 Å². The summed E-state index contributed by atoms with van der Waals surface area (Å²) in [5.74, 6) is 1.15. The summed E-state index contributed by atoms with van der Waals surface area (Å²) in [4.78, 5) is 9.46. The van der Waals surface area contributed by atoms with Crippen LogP contribution in [-0.2, 0) is 13.0 Å². The molecular weight excluding hydrogens is 276 g/mol. The highest BCUT2D eigenvalue weighted by Gasteiger charge is 2.25. The number of aliphatic hydroxyl groups is 1. The van der Waals surface area contributed by atoms with Crippen molar-refractivity contribution in [2.75, 3.05) is 19.5 Å². The van der Waals surface area contributed by atoms with Crippen molar-refractivity contribution in [1.29, 1.82) is 0 Å². The van der Waals surface area contributed by atoms with Gasteiger partial charge in [-0.15, -0.1) is 4.57 Å². The number of nitrogens with two attached hydrogens (primary N) is 1. The summed E-state index contributed by atoms with van der Waals surface area (Å²) in [6.07, 6.45) is 2.37. The van der Waals surface area contributed by atoms with Crippen LogP contribution in [0.1, 0.15) is 22.0 Å². The summed E-state index contributed by atoms with van der Waals surface area (Å²) >= 11 is 1.54. The highest BCUT2D eigenvalue weighted by atomic mass is 32.1. The number of nitrogen functional groups attached to an aromatic ring is 1. The lowest BCUT2D eigenvalue weighted by Crippen LogP contribution is -2.37. The van der Waals surface area contributed by atoms with E-state index in [9.17, 15) is 0 Å². The van der Waals surface area contributed by atoms with Crippen molar-refractivity contribution in [2.45, 2.75) is 26.8 Å². The molecule has 2 aromatic rings. The second-order valence-electron chi connectivity index (χ2n) is 4.47. The number of aliphatic hydroxyl groups excluding tert-OH is 1. The third-order valence-corrected chi connectivity index (χ3v) is 4.41. The Labute approximate surface area is 121 Å². The predicted octanol–water partition coefficient (Wildman–Crippen LogP) is 0.616. The van der Waals surface area contributed by atoms with E-state index in [0.717, 1.165) is 21.3 Å². The first-order chi connectivity index (χ1) is 9.56. The van der Waals surface area contributed by atoms with Gasteiger partial charge in [-0.1, -0.05) is 0 Å². The Hall–Kier alpha value is -1.73. The lowest BCUT2D eigenvalue weighted by molar-refractivity contribution is -0.694. The Balaban J connectivity index is 2.37. The molecule has 0 bridgehead atoms. The van der Waals surface area contributed by atoms with Gasteiger partial charge in [0.1, 0.15) is 11.6 Å². The fraction of sp³-hybridized carbons (Fsp3) is 0.462. The number of ether oxygens (including phenoxy) is 1. The van der Waals surface area contributed by atoms with Gasteiger partial charge in [0.05, 0.1) is 17.6 Å². The molecule has 0 aliphatic rings. The van der Waals surface area contributed by atoms with E-state index in [1.54, 1.807) is 13.3 Å². The number of hydrogen-bond donors (Lipinski definition) is 2. The summed E-state index contributed by atoms with van der Waals surface area (Å²) in [7, 11) is 1.64. The molecule has 0 radical (unpaired) electrons. The minimum Gasteiger partial charge on any atom is -0.439 e. The normalized spacial score (nSPS) is 10.8. The van der Waals surface area contributed by atoms with Gasteiger partial charge >= 0.3 is 5.19 Å². The Morgan fingerprint density at radius 2 is 2.20 bits per heavy atom. The third-order valence-electron chi connectivity index (χ3n) is 3.10. The fourth-order valence-electron chi connectivity index (χ4n) is 1.99. The molecule has 3 N–H and O–H groups in total. The van der Waals surface area contributed by atoms with Crippen LogP contribution in [0.3, 0.4) is 0 Å². The summed E-state index contributed by atoms with van der Waals surface area (Å²) in [5, 5.41) is 9.88. The van der Waals surface area contributed by atoms with Crippen LogP contribution in [-0.4, -0.2) is 28.8 Å². The number of nitrogens with zero attached hydrogens (tertiary/aromatic N) is 3. The van der Waals surface area contributed by atoms with Crippen LogP contribution in [0.4, 0.5) is 5.82 Å². The monoisotopic (exact) mass is 295 g/mol. The minimum absolute atomic E-state index is 0.125. The lowest BCUT2D eigenvalue weighted by atomic mass is 10.2. The molecule has 7 heteroatoms. The van der Waals surface area contributed by atoms with Crippen LogP contribution < -0.4 is 15.0 Å². The zero-order valence-corrected chi connectivity index (χ0v) is 12.7. The van der Waals surface area contributed by atoms with Gasteiger partial charge in [-0.3, -0.25) is 0 Å². The predicted molar refractivity (Wildman–Crippen MR) is 76.9 cm³/mol. The molecule has 0 aromatic carbocycles. The fourth-order valence-corrected chi connectivity index (χ4v) is 3.05. The van der Waals surface area contributed by atoms with Crippen molar-refractivity contribution < 1.29 is 14.4 Å². The van der Waals surface area contributed by atoms with Crippen LogP contribution in [0.25, 0.3) is 0 Å². The number of hydrogen-bond acceptors (Lipinski definition) is 6. The van der Waals surface area contributed by atoms with E-state index in [4.69, 9.17) is 15.6 Å². The van der Waals surface area contributed by atoms with Crippen LogP contribution in [0, 0.1) is 13.8 Å². The summed E-state index contributed by atoms with van der Waals surface area (Å²) < 4.78 is 7.44. The molecule has 0 spiro atoms. The quantitative estimate of drug-likeness (QED) is 0.790. The number of methoxy groups -OCH3 is 1. The maximum Gasteiger partial charge on any atom is 0.430 e. The van der Waals surface area contributed by atoms with Gasteiger partial charge in [0.15, 0.2) is 12.2 Å². The molecule has 0 atom stereocenters. The number of thiazole rings is 1. The Morgan fingerprint density at radius 1 is 1.45 bits per heavy atom. The van der Waals surface area contributed by atoms with Crippen molar-refractivity contribution in [3.05, 3.63) is 28.2 Å². The van der Waals surface area contributed by atoms with Gasteiger partial charge in [-0.25, -0.2) is 9.97 Å². The largest absolute Gasteiger partial charge is 0.439 e. The molecule has 2 aromatic heterocycles. The van der Waals surface area contributed by atoms with E-state index in [2.05, 4.69) is 9.97 Å². The van der Waals surface area contributed by atoms with Crippen LogP contribution in [0.2, 0.25) is 0 Å². The molecule has 0 saturated carbocycles. The molecule has 108 valence electrons. The van der Waals surface area contributed by atoms with Crippen LogP contribution in [0.15, 0.2) is 6.20 Å². The topological polar surface area (TPSA) is 85.1 Å². The third kappa shape index (κ3) is 2.88. The number of aromatic nitrogens is 3. The molecule has 6 nitrogen and oxygen atoms in total. The first-order valence-electron chi connectivity index (χ1n) is 6.31. The SMILES string of the molecule is COc1sc(CCO)c(C)[n+]1Cc1cnc(C)nc1N. The van der Waals surface area contributed by atoms with Gasteiger partial charge in [0, 0.05) is 26.1 Å². The first-order valence-corrected chi connectivity index (χ1v) is 7.13. The second-order valence-corrected chi connectivity index (χ2v) is 5.51. The van der Waals surface area contributed by atoms with Crippen molar-refractivity contribution >= 4 is 17.2 Å². The van der Waals surface area contributed by atoms with E-state index in [1.165, 1.54) is 11.3 Å². The smallest absolute Gasteiger partial charge is 0.430 e. The summed E-state index contributed by atoms with van der Waals surface area (Å²) in [6, 6.07) is 0. The molecule has 0 unspecified atom stereocenters. The van der Waals surface area contributed by atoms with E-state index >= 15 is 0 Å². The van der Waals surface area contributed by atoms with Gasteiger partial charge < -0.3 is 15.6 Å². The van der Waals surface area contributed by atoms with E-state index in [1.807, 2.05) is 18.4 Å². The van der Waals surface area contributed by atoms with E-state index in [0.29, 0.717) is 24.6 Å². The van der Waals surface area contributed by atoms with E-state index in [-0.39, 0.29) is 6.61 Å². The molecule has 20 heavy (non-hydrogen) atoms. The molecule has 2 heterocycles. The van der Waals surface area contributed by atoms with Crippen LogP contribution >= 0.6 is 11.3 Å². The number of aryl methyl sites for hydroxylation is 1. The zero-order chi connectivity index (χ0) is 14.7. The van der Waals surface area contributed by atoms with Crippen molar-refractivity contribution in [1.82, 2.24) is 9.97 Å². The summed E-state index contributed by atoms with van der Waals surface area (Å²) in [6.45, 7) is 4.50. The summed E-state index contributed by atoms with van der Waals surface area (Å²) in [5.41, 5.74) is 7.86. The number of rotatable bonds is 5. The van der Waals surface area contributed by atoms with Crippen molar-refractivity contribution in [3.63, 3.8) is 0 Å². The van der Waals surface area contributed by atoms with Gasteiger partial charge in [0.25, 0.3) is 0 Å². The average Bonchev–Trinajstić information content (AvgIpc) is 2.71. The average molecular weight is 295 g/mol. The van der Waals surface area contributed by atoms with Crippen LogP contribution in [0.5, 0.6) is 5.19 Å². The first kappa shape index (κ1) is 14.7. The molecule has 0 amide bonds. The Kier molecular flexibility index (Phi) is 4.51. The molecule has 0 fully saturated rings.